The molecule has 1 aromatic carbocycles. The maximum absolute atomic E-state index is 13.0. The van der Waals surface area contributed by atoms with Gasteiger partial charge in [-0.1, -0.05) is 11.6 Å². The minimum atomic E-state index is -0.892. The predicted octanol–water partition coefficient (Wildman–Crippen LogP) is 2.10. The van der Waals surface area contributed by atoms with Crippen molar-refractivity contribution in [2.45, 2.75) is 6.92 Å². The molecule has 2 aromatic rings. The van der Waals surface area contributed by atoms with Crippen LogP contribution in [0.2, 0.25) is 5.02 Å². The average Bonchev–Trinajstić information content (AvgIpc) is 2.72. The van der Waals surface area contributed by atoms with Crippen LogP contribution in [0.1, 0.15) is 5.69 Å². The summed E-state index contributed by atoms with van der Waals surface area (Å²) in [6.45, 7) is 1.76. The minimum absolute atomic E-state index is 0.143. The third kappa shape index (κ3) is 3.57. The molecule has 6 nitrogen and oxygen atoms in total. The van der Waals surface area contributed by atoms with E-state index < -0.39 is 17.6 Å². The molecular formula is C13H12ClFN4O2. The van der Waals surface area contributed by atoms with Gasteiger partial charge >= 0.3 is 11.8 Å². The van der Waals surface area contributed by atoms with E-state index in [1.54, 1.807) is 20.0 Å². The molecule has 21 heavy (non-hydrogen) atoms. The lowest BCUT2D eigenvalue weighted by molar-refractivity contribution is -0.133. The Bertz CT molecular complexity index is 714. The summed E-state index contributed by atoms with van der Waals surface area (Å²) >= 11 is 5.59. The molecule has 0 saturated carbocycles. The highest BCUT2D eigenvalue weighted by Crippen LogP contribution is 2.19. The van der Waals surface area contributed by atoms with E-state index >= 15 is 0 Å². The molecule has 0 atom stereocenters. The number of carbonyl (C=O) groups excluding carboxylic acids is 2. The summed E-state index contributed by atoms with van der Waals surface area (Å²) in [6, 6.07) is 5.25. The SMILES string of the molecule is Cc1cc(NC(=O)C(=O)Nc2ccc(F)c(Cl)c2)n(C)n1. The molecule has 0 aliphatic heterocycles. The molecular weight excluding hydrogens is 299 g/mol. The minimum Gasteiger partial charge on any atom is -0.318 e. The summed E-state index contributed by atoms with van der Waals surface area (Å²) in [6.07, 6.45) is 0. The van der Waals surface area contributed by atoms with Gasteiger partial charge in [0.25, 0.3) is 0 Å². The molecule has 2 rings (SSSR count). The molecule has 0 unspecified atom stereocenters. The molecule has 0 saturated heterocycles. The van der Waals surface area contributed by atoms with E-state index in [1.165, 1.54) is 16.8 Å². The van der Waals surface area contributed by atoms with Crippen LogP contribution in [0.5, 0.6) is 0 Å². The second-order valence-corrected chi connectivity index (χ2v) is 4.74. The van der Waals surface area contributed by atoms with Gasteiger partial charge in [0.1, 0.15) is 11.6 Å². The number of rotatable bonds is 2. The first-order chi connectivity index (χ1) is 9.86. The highest BCUT2D eigenvalue weighted by Gasteiger charge is 2.16. The average molecular weight is 311 g/mol. The first-order valence-corrected chi connectivity index (χ1v) is 6.32. The van der Waals surface area contributed by atoms with Gasteiger partial charge in [0.15, 0.2) is 0 Å². The first kappa shape index (κ1) is 15.0. The monoisotopic (exact) mass is 310 g/mol. The van der Waals surface area contributed by atoms with Crippen LogP contribution in [-0.2, 0) is 16.6 Å². The lowest BCUT2D eigenvalue weighted by atomic mass is 10.3. The summed E-state index contributed by atoms with van der Waals surface area (Å²) in [7, 11) is 1.64. The topological polar surface area (TPSA) is 76.0 Å². The van der Waals surface area contributed by atoms with Crippen molar-refractivity contribution in [2.75, 3.05) is 10.6 Å². The van der Waals surface area contributed by atoms with Gasteiger partial charge in [-0.3, -0.25) is 14.3 Å². The van der Waals surface area contributed by atoms with Crippen molar-refractivity contribution >= 4 is 34.9 Å². The summed E-state index contributed by atoms with van der Waals surface area (Å²) in [5.74, 6) is -1.97. The zero-order valence-electron chi connectivity index (χ0n) is 11.3. The summed E-state index contributed by atoms with van der Waals surface area (Å²) < 4.78 is 14.4. The number of carbonyl (C=O) groups is 2. The maximum Gasteiger partial charge on any atom is 0.315 e. The molecule has 8 heteroatoms. The summed E-state index contributed by atoms with van der Waals surface area (Å²) in [5, 5.41) is 8.64. The Morgan fingerprint density at radius 2 is 1.90 bits per heavy atom. The second kappa shape index (κ2) is 5.92. The molecule has 0 spiro atoms. The van der Waals surface area contributed by atoms with E-state index in [0.717, 1.165) is 6.07 Å². The highest BCUT2D eigenvalue weighted by molar-refractivity contribution is 6.43. The smallest absolute Gasteiger partial charge is 0.315 e. The Morgan fingerprint density at radius 3 is 2.48 bits per heavy atom. The van der Waals surface area contributed by atoms with Crippen LogP contribution >= 0.6 is 11.6 Å². The van der Waals surface area contributed by atoms with Gasteiger partial charge < -0.3 is 10.6 Å². The zero-order valence-corrected chi connectivity index (χ0v) is 12.0. The standard InChI is InChI=1S/C13H12ClFN4O2/c1-7-5-11(19(2)18-7)17-13(21)12(20)16-8-3-4-10(15)9(14)6-8/h3-6H,1-2H3,(H,16,20)(H,17,21). The second-order valence-electron chi connectivity index (χ2n) is 4.33. The fourth-order valence-corrected chi connectivity index (χ4v) is 1.84. The van der Waals surface area contributed by atoms with Crippen molar-refractivity contribution in [1.82, 2.24) is 9.78 Å². The lowest BCUT2D eigenvalue weighted by Crippen LogP contribution is -2.29. The quantitative estimate of drug-likeness (QED) is 0.834. The van der Waals surface area contributed by atoms with Crippen molar-refractivity contribution in [3.63, 3.8) is 0 Å². The molecule has 1 aromatic heterocycles. The largest absolute Gasteiger partial charge is 0.318 e. The normalized spacial score (nSPS) is 10.3. The van der Waals surface area contributed by atoms with Crippen molar-refractivity contribution in [3.05, 3.63) is 40.8 Å². The number of benzene rings is 1. The highest BCUT2D eigenvalue weighted by atomic mass is 35.5. The van der Waals surface area contributed by atoms with Crippen molar-refractivity contribution in [3.8, 4) is 0 Å². The lowest BCUT2D eigenvalue weighted by Gasteiger charge is -2.07. The van der Waals surface area contributed by atoms with E-state index in [0.29, 0.717) is 11.5 Å². The van der Waals surface area contributed by atoms with Gasteiger partial charge in [0.2, 0.25) is 0 Å². The van der Waals surface area contributed by atoms with Crippen LogP contribution < -0.4 is 10.6 Å². The van der Waals surface area contributed by atoms with Gasteiger partial charge in [-0.05, 0) is 25.1 Å². The molecule has 0 radical (unpaired) electrons. The molecule has 110 valence electrons. The first-order valence-electron chi connectivity index (χ1n) is 5.95. The molecule has 2 N–H and O–H groups in total. The number of hydrogen-bond acceptors (Lipinski definition) is 3. The number of amides is 2. The fourth-order valence-electron chi connectivity index (χ4n) is 1.66. The van der Waals surface area contributed by atoms with Crippen molar-refractivity contribution < 1.29 is 14.0 Å². The Morgan fingerprint density at radius 1 is 1.24 bits per heavy atom. The number of aryl methyl sites for hydroxylation is 2. The van der Waals surface area contributed by atoms with Crippen LogP contribution in [0.3, 0.4) is 0 Å². The number of nitrogens with zero attached hydrogens (tertiary/aromatic N) is 2. The number of aromatic nitrogens is 2. The van der Waals surface area contributed by atoms with Gasteiger partial charge in [-0.15, -0.1) is 0 Å². The van der Waals surface area contributed by atoms with Gasteiger partial charge in [-0.2, -0.15) is 5.10 Å². The van der Waals surface area contributed by atoms with Crippen LogP contribution in [0.15, 0.2) is 24.3 Å². The molecule has 1 heterocycles. The summed E-state index contributed by atoms with van der Waals surface area (Å²) in [5.41, 5.74) is 0.932. The third-order valence-corrected chi connectivity index (χ3v) is 2.92. The molecule has 0 fully saturated rings. The van der Waals surface area contributed by atoms with Gasteiger partial charge in [0.05, 0.1) is 10.7 Å². The van der Waals surface area contributed by atoms with E-state index in [-0.39, 0.29) is 10.7 Å². The predicted molar refractivity (Wildman–Crippen MR) is 76.6 cm³/mol. The maximum atomic E-state index is 13.0. The van der Waals surface area contributed by atoms with Gasteiger partial charge in [-0.25, -0.2) is 4.39 Å². The third-order valence-electron chi connectivity index (χ3n) is 2.63. The fraction of sp³-hybridized carbons (Fsp3) is 0.154. The Labute approximate surface area is 124 Å². The van der Waals surface area contributed by atoms with Gasteiger partial charge in [0, 0.05) is 18.8 Å². The zero-order chi connectivity index (χ0) is 15.6. The van der Waals surface area contributed by atoms with Crippen LogP contribution in [0, 0.1) is 12.7 Å². The molecule has 0 bridgehead atoms. The van der Waals surface area contributed by atoms with Crippen molar-refractivity contribution in [1.29, 1.82) is 0 Å². The molecule has 0 aliphatic carbocycles. The Balaban J connectivity index is 2.04. The number of hydrogen-bond donors (Lipinski definition) is 2. The van der Waals surface area contributed by atoms with Crippen LogP contribution in [-0.4, -0.2) is 21.6 Å². The van der Waals surface area contributed by atoms with Crippen molar-refractivity contribution in [2.24, 2.45) is 7.05 Å². The van der Waals surface area contributed by atoms with E-state index in [2.05, 4.69) is 15.7 Å². The molecule has 2 amide bonds. The van der Waals surface area contributed by atoms with E-state index in [1.807, 2.05) is 0 Å². The van der Waals surface area contributed by atoms with E-state index in [4.69, 9.17) is 11.6 Å². The van der Waals surface area contributed by atoms with E-state index in [9.17, 15) is 14.0 Å². The van der Waals surface area contributed by atoms with Crippen LogP contribution in [0.4, 0.5) is 15.9 Å². The Kier molecular flexibility index (Phi) is 4.23. The molecule has 0 aliphatic rings. The Hall–Kier alpha value is -2.41. The summed E-state index contributed by atoms with van der Waals surface area (Å²) in [4.78, 5) is 23.5. The van der Waals surface area contributed by atoms with Crippen LogP contribution in [0.25, 0.3) is 0 Å². The number of halogens is 2. The number of nitrogens with one attached hydrogen (secondary N) is 2. The number of anilines is 2.